The van der Waals surface area contributed by atoms with Crippen LogP contribution in [0.1, 0.15) is 291 Å². The van der Waals surface area contributed by atoms with Gasteiger partial charge in [0.15, 0.2) is 0 Å². The van der Waals surface area contributed by atoms with Gasteiger partial charge in [-0.05, 0) is 82.4 Å². The van der Waals surface area contributed by atoms with Gasteiger partial charge in [-0.25, -0.2) is 18.0 Å². The van der Waals surface area contributed by atoms with Crippen LogP contribution < -0.4 is 29.6 Å². The van der Waals surface area contributed by atoms with E-state index in [-0.39, 0.29) is 53.9 Å². The van der Waals surface area contributed by atoms with E-state index in [0.29, 0.717) is 12.8 Å². The summed E-state index contributed by atoms with van der Waals surface area (Å²) in [6, 6.07) is 3.16. The van der Waals surface area contributed by atoms with Crippen LogP contribution in [0, 0.1) is 0 Å². The summed E-state index contributed by atoms with van der Waals surface area (Å²) in [6.45, 7) is 4.91. The van der Waals surface area contributed by atoms with E-state index in [9.17, 15) is 22.6 Å². The van der Waals surface area contributed by atoms with Crippen LogP contribution in [0.5, 0.6) is 0 Å². The zero-order valence-electron chi connectivity index (χ0n) is 42.5. The molecule has 0 unspecified atom stereocenters. The summed E-state index contributed by atoms with van der Waals surface area (Å²) >= 11 is 0. The zero-order valence-corrected chi connectivity index (χ0v) is 45.3. The summed E-state index contributed by atoms with van der Waals surface area (Å²) in [4.78, 5) is 25.4. The van der Waals surface area contributed by atoms with Crippen molar-refractivity contribution in [2.45, 2.75) is 276 Å². The van der Waals surface area contributed by atoms with Crippen molar-refractivity contribution < 1.29 is 61.6 Å². The summed E-state index contributed by atoms with van der Waals surface area (Å²) in [5.41, 5.74) is -0.332. The Balaban J connectivity index is 0.0000410. The molecular formula is C56H97NaO7S. The van der Waals surface area contributed by atoms with Crippen molar-refractivity contribution in [1.82, 2.24) is 0 Å². The second-order valence-electron chi connectivity index (χ2n) is 18.6. The number of benzene rings is 1. The number of esters is 2. The maximum Gasteiger partial charge on any atom is 1.00 e. The quantitative estimate of drug-likeness (QED) is 0.0210. The number of hydrogen-bond acceptors (Lipinski definition) is 7. The molecule has 0 aliphatic rings. The van der Waals surface area contributed by atoms with E-state index in [1.54, 1.807) is 0 Å². The first-order chi connectivity index (χ1) is 31.3. The molecule has 0 saturated carbocycles. The van der Waals surface area contributed by atoms with E-state index >= 15 is 0 Å². The van der Waals surface area contributed by atoms with Gasteiger partial charge in [-0.3, -0.25) is 0 Å². The fraction of sp³-hybridized carbons (Fsp3) is 0.786. The molecule has 370 valence electrons. The van der Waals surface area contributed by atoms with Crippen LogP contribution in [-0.4, -0.2) is 38.1 Å². The standard InChI is InChI=1S/C56H98O7S.Na/c1-3-5-7-9-11-13-15-17-19-21-23-25-27-29-31-33-35-37-39-41-43-45-49-62-55(57)53-48-47-52(64(59,60)61)51-54(53)56(58)63-50-46-44-42-40-38-36-34-32-30-28-26-24-22-20-18-16-14-12-10-8-6-4-2;/h19-22,47-48,51H,3-18,23-46,49-50H2,1-2H3,(H,59,60,61);/q;+1/p-1/b21-19+,22-20+;. The third-order valence-electron chi connectivity index (χ3n) is 12.5. The van der Waals surface area contributed by atoms with Gasteiger partial charge < -0.3 is 14.0 Å². The van der Waals surface area contributed by atoms with Gasteiger partial charge >= 0.3 is 41.5 Å². The van der Waals surface area contributed by atoms with Crippen LogP contribution >= 0.6 is 0 Å². The summed E-state index contributed by atoms with van der Waals surface area (Å²) in [7, 11) is -4.82. The van der Waals surface area contributed by atoms with Crippen LogP contribution in [0.15, 0.2) is 47.4 Å². The number of carbonyl (C=O) groups is 2. The summed E-state index contributed by atoms with van der Waals surface area (Å²) in [5, 5.41) is 0. The van der Waals surface area contributed by atoms with Crippen LogP contribution in [-0.2, 0) is 19.6 Å². The van der Waals surface area contributed by atoms with Crippen molar-refractivity contribution in [3.63, 3.8) is 0 Å². The fourth-order valence-corrected chi connectivity index (χ4v) is 8.83. The molecule has 1 aromatic rings. The Morgan fingerprint density at radius 1 is 0.415 bits per heavy atom. The molecule has 0 N–H and O–H groups in total. The SMILES string of the molecule is CCCCCCCCC/C=C/CCCCCCCCCCCCCOC(=O)c1ccc(S(=O)(=O)[O-])cc1C(=O)OCCCCCCCCCCCCC/C=C/CCCCCCCCC.[Na+]. The molecule has 0 saturated heterocycles. The van der Waals surface area contributed by atoms with Gasteiger partial charge in [0.25, 0.3) is 0 Å². The van der Waals surface area contributed by atoms with E-state index in [4.69, 9.17) is 9.47 Å². The second kappa shape index (κ2) is 47.6. The minimum Gasteiger partial charge on any atom is -0.744 e. The molecule has 65 heavy (non-hydrogen) atoms. The van der Waals surface area contributed by atoms with Crippen LogP contribution in [0.3, 0.4) is 0 Å². The smallest absolute Gasteiger partial charge is 0.744 e. The Labute approximate surface area is 423 Å². The maximum absolute atomic E-state index is 13.0. The normalized spacial score (nSPS) is 11.7. The molecule has 0 fully saturated rings. The van der Waals surface area contributed by atoms with Crippen molar-refractivity contribution in [3.8, 4) is 0 Å². The largest absolute Gasteiger partial charge is 1.00 e. The molecule has 0 aromatic heterocycles. The van der Waals surface area contributed by atoms with Gasteiger partial charge in [0.2, 0.25) is 0 Å². The molecular weight excluding hydrogens is 840 g/mol. The molecule has 0 heterocycles. The topological polar surface area (TPSA) is 110 Å². The summed E-state index contributed by atoms with van der Waals surface area (Å²) in [5.74, 6) is -1.54. The third-order valence-corrected chi connectivity index (χ3v) is 13.3. The Kier molecular flexibility index (Phi) is 46.5. The van der Waals surface area contributed by atoms with Gasteiger partial charge in [0, 0.05) is 0 Å². The van der Waals surface area contributed by atoms with Gasteiger partial charge in [-0.15, -0.1) is 0 Å². The van der Waals surface area contributed by atoms with Crippen molar-refractivity contribution >= 4 is 22.1 Å². The predicted molar refractivity (Wildman–Crippen MR) is 269 cm³/mol. The van der Waals surface area contributed by atoms with Crippen molar-refractivity contribution in [2.24, 2.45) is 0 Å². The number of rotatable bonds is 47. The molecule has 0 aliphatic heterocycles. The molecule has 1 rings (SSSR count). The molecule has 9 heteroatoms. The molecule has 0 amide bonds. The van der Waals surface area contributed by atoms with E-state index in [2.05, 4.69) is 38.2 Å². The van der Waals surface area contributed by atoms with Crippen molar-refractivity contribution in [2.75, 3.05) is 13.2 Å². The molecule has 7 nitrogen and oxygen atoms in total. The van der Waals surface area contributed by atoms with Crippen LogP contribution in [0.2, 0.25) is 0 Å². The average molecular weight is 937 g/mol. The monoisotopic (exact) mass is 937 g/mol. The molecule has 0 atom stereocenters. The second-order valence-corrected chi connectivity index (χ2v) is 19.9. The van der Waals surface area contributed by atoms with Gasteiger partial charge in [-0.2, -0.15) is 0 Å². The summed E-state index contributed by atoms with van der Waals surface area (Å²) in [6.07, 6.45) is 59.4. The first-order valence-corrected chi connectivity index (χ1v) is 28.5. The molecule has 0 radical (unpaired) electrons. The minimum atomic E-state index is -4.82. The number of allylic oxidation sites excluding steroid dienone is 4. The Hall–Kier alpha value is -1.45. The Bertz CT molecular complexity index is 1410. The fourth-order valence-electron chi connectivity index (χ4n) is 8.33. The number of unbranched alkanes of at least 4 members (excludes halogenated alkanes) is 36. The first-order valence-electron chi connectivity index (χ1n) is 27.0. The van der Waals surface area contributed by atoms with Crippen LogP contribution in [0.25, 0.3) is 0 Å². The molecule has 0 spiro atoms. The van der Waals surface area contributed by atoms with Gasteiger partial charge in [0.05, 0.1) is 29.2 Å². The van der Waals surface area contributed by atoms with Crippen LogP contribution in [0.4, 0.5) is 0 Å². The molecule has 1 aromatic carbocycles. The minimum absolute atomic E-state index is 0. The average Bonchev–Trinajstić information content (AvgIpc) is 3.28. The molecule has 0 bridgehead atoms. The zero-order chi connectivity index (χ0) is 46.4. The first kappa shape index (κ1) is 63.5. The van der Waals surface area contributed by atoms with Gasteiger partial charge in [-0.1, -0.05) is 231 Å². The maximum atomic E-state index is 13.0. The van der Waals surface area contributed by atoms with Gasteiger partial charge in [0.1, 0.15) is 10.1 Å². The number of ether oxygens (including phenoxy) is 2. The van der Waals surface area contributed by atoms with E-state index in [1.165, 1.54) is 212 Å². The van der Waals surface area contributed by atoms with E-state index in [0.717, 1.165) is 50.7 Å². The van der Waals surface area contributed by atoms with Crippen molar-refractivity contribution in [1.29, 1.82) is 0 Å². The predicted octanol–water partition coefficient (Wildman–Crippen LogP) is 14.7. The molecule has 0 aliphatic carbocycles. The summed E-state index contributed by atoms with van der Waals surface area (Å²) < 4.78 is 46.0. The van der Waals surface area contributed by atoms with Crippen molar-refractivity contribution in [3.05, 3.63) is 53.6 Å². The third kappa shape index (κ3) is 40.2. The Morgan fingerprint density at radius 2 is 0.677 bits per heavy atom. The van der Waals surface area contributed by atoms with E-state index in [1.807, 2.05) is 0 Å². The number of carbonyl (C=O) groups excluding carboxylic acids is 2. The van der Waals surface area contributed by atoms with E-state index < -0.39 is 27.0 Å². The number of hydrogen-bond donors (Lipinski definition) is 0. The Morgan fingerprint density at radius 3 is 0.969 bits per heavy atom.